The van der Waals surface area contributed by atoms with Gasteiger partial charge in [-0.25, -0.2) is 4.79 Å². The molecule has 0 saturated heterocycles. The maximum atomic E-state index is 12.2. The third-order valence-corrected chi connectivity index (χ3v) is 4.78. The minimum absolute atomic E-state index is 0.335. The number of ether oxygens (including phenoxy) is 1. The molecule has 4 aromatic rings. The highest BCUT2D eigenvalue weighted by molar-refractivity contribution is 6.06. The van der Waals surface area contributed by atoms with Crippen LogP contribution in [-0.2, 0) is 4.74 Å². The van der Waals surface area contributed by atoms with E-state index < -0.39 is 0 Å². The second kappa shape index (κ2) is 6.71. The molecule has 5 rings (SSSR count). The van der Waals surface area contributed by atoms with Crippen LogP contribution in [0.15, 0.2) is 95.4 Å². The van der Waals surface area contributed by atoms with E-state index in [0.717, 1.165) is 28.0 Å². The van der Waals surface area contributed by atoms with Gasteiger partial charge in [-0.15, -0.1) is 0 Å². The second-order valence-corrected chi connectivity index (χ2v) is 6.56. The van der Waals surface area contributed by atoms with Gasteiger partial charge in [-0.05, 0) is 17.7 Å². The number of carbonyl (C=O) groups is 1. The molecule has 0 radical (unpaired) electrons. The third kappa shape index (κ3) is 2.83. The molecule has 1 aromatic heterocycles. The van der Waals surface area contributed by atoms with Gasteiger partial charge < -0.3 is 9.15 Å². The van der Waals surface area contributed by atoms with Crippen molar-refractivity contribution in [2.24, 2.45) is 0 Å². The summed E-state index contributed by atoms with van der Waals surface area (Å²) < 4.78 is 11.7. The maximum Gasteiger partial charge on any atom is 0.344 e. The van der Waals surface area contributed by atoms with Crippen LogP contribution >= 0.6 is 0 Å². The van der Waals surface area contributed by atoms with Crippen molar-refractivity contribution in [1.29, 1.82) is 0 Å². The van der Waals surface area contributed by atoms with E-state index in [1.54, 1.807) is 12.1 Å². The lowest BCUT2D eigenvalue weighted by Gasteiger charge is -2.01. The molecular formula is C25H16O3. The number of benzene rings is 3. The number of hydrogen-bond donors (Lipinski definition) is 0. The number of carbonyl (C=O) groups excluding carboxylic acids is 1. The lowest BCUT2D eigenvalue weighted by molar-refractivity contribution is 0.0717. The summed E-state index contributed by atoms with van der Waals surface area (Å²) >= 11 is 0. The number of fused-ring (bicyclic) bond motifs is 1. The highest BCUT2D eigenvalue weighted by atomic mass is 16.5. The van der Waals surface area contributed by atoms with Crippen LogP contribution in [-0.4, -0.2) is 5.97 Å². The highest BCUT2D eigenvalue weighted by Gasteiger charge is 2.26. The van der Waals surface area contributed by atoms with Crippen molar-refractivity contribution < 1.29 is 13.9 Å². The van der Waals surface area contributed by atoms with E-state index in [0.29, 0.717) is 17.1 Å². The smallest absolute Gasteiger partial charge is 0.344 e. The zero-order valence-corrected chi connectivity index (χ0v) is 15.0. The van der Waals surface area contributed by atoms with Crippen molar-refractivity contribution >= 4 is 17.8 Å². The van der Waals surface area contributed by atoms with Crippen LogP contribution in [0.5, 0.6) is 0 Å². The lowest BCUT2D eigenvalue weighted by Crippen LogP contribution is -1.92. The molecule has 0 spiro atoms. The Morgan fingerprint density at radius 2 is 1.25 bits per heavy atom. The van der Waals surface area contributed by atoms with Crippen molar-refractivity contribution in [3.05, 3.63) is 108 Å². The fourth-order valence-corrected chi connectivity index (χ4v) is 3.41. The van der Waals surface area contributed by atoms with E-state index in [-0.39, 0.29) is 5.97 Å². The highest BCUT2D eigenvalue weighted by Crippen LogP contribution is 2.37. The maximum absolute atomic E-state index is 12.2. The second-order valence-electron chi connectivity index (χ2n) is 6.56. The van der Waals surface area contributed by atoms with Crippen molar-refractivity contribution in [3.63, 3.8) is 0 Å². The number of furan rings is 1. The summed E-state index contributed by atoms with van der Waals surface area (Å²) in [6, 6.07) is 29.4. The van der Waals surface area contributed by atoms with Crippen LogP contribution in [0.2, 0.25) is 0 Å². The van der Waals surface area contributed by atoms with Crippen LogP contribution < -0.4 is 0 Å². The molecule has 0 aliphatic carbocycles. The van der Waals surface area contributed by atoms with Crippen LogP contribution in [0, 0.1) is 0 Å². The molecule has 3 nitrogen and oxygen atoms in total. The summed E-state index contributed by atoms with van der Waals surface area (Å²) in [6.45, 7) is 0. The molecule has 0 atom stereocenters. The van der Waals surface area contributed by atoms with E-state index in [2.05, 4.69) is 0 Å². The standard InChI is InChI=1S/C25H16O3/c26-25-20-14-8-7-13-19(20)23(28-25)16-24-21(17-9-3-1-4-10-17)15-22(27-24)18-11-5-2-6-12-18/h1-16H/b23-16-. The first-order chi connectivity index (χ1) is 13.8. The molecule has 0 N–H and O–H groups in total. The Morgan fingerprint density at radius 1 is 0.643 bits per heavy atom. The number of cyclic esters (lactones) is 1. The molecule has 0 unspecified atom stereocenters. The number of esters is 1. The molecule has 0 saturated carbocycles. The van der Waals surface area contributed by atoms with E-state index in [1.165, 1.54) is 0 Å². The zero-order chi connectivity index (χ0) is 18.9. The normalized spacial score (nSPS) is 14.1. The van der Waals surface area contributed by atoms with Gasteiger partial charge in [-0.3, -0.25) is 0 Å². The molecular weight excluding hydrogens is 348 g/mol. The summed E-state index contributed by atoms with van der Waals surface area (Å²) in [5, 5.41) is 0. The van der Waals surface area contributed by atoms with Crippen molar-refractivity contribution in [3.8, 4) is 22.5 Å². The minimum atomic E-state index is -0.335. The van der Waals surface area contributed by atoms with Gasteiger partial charge in [-0.2, -0.15) is 0 Å². The fourth-order valence-electron chi connectivity index (χ4n) is 3.41. The van der Waals surface area contributed by atoms with E-state index in [9.17, 15) is 4.79 Å². The van der Waals surface area contributed by atoms with E-state index in [4.69, 9.17) is 9.15 Å². The van der Waals surface area contributed by atoms with Gasteiger partial charge in [0.2, 0.25) is 0 Å². The molecule has 1 aliphatic rings. The molecule has 2 heterocycles. The molecule has 0 fully saturated rings. The minimum Gasteiger partial charge on any atom is -0.456 e. The Morgan fingerprint density at radius 3 is 1.96 bits per heavy atom. The van der Waals surface area contributed by atoms with Crippen LogP contribution in [0.25, 0.3) is 34.3 Å². The van der Waals surface area contributed by atoms with Crippen molar-refractivity contribution in [2.45, 2.75) is 0 Å². The average Bonchev–Trinajstić information content (AvgIpc) is 3.31. The van der Waals surface area contributed by atoms with Gasteiger partial charge in [0, 0.05) is 22.8 Å². The molecule has 0 amide bonds. The average molecular weight is 364 g/mol. The van der Waals surface area contributed by atoms with E-state index >= 15 is 0 Å². The van der Waals surface area contributed by atoms with Gasteiger partial charge in [0.15, 0.2) is 0 Å². The largest absolute Gasteiger partial charge is 0.456 e. The zero-order valence-electron chi connectivity index (χ0n) is 15.0. The predicted octanol–water partition coefficient (Wildman–Crippen LogP) is 6.28. The summed E-state index contributed by atoms with van der Waals surface area (Å²) in [4.78, 5) is 12.2. The first kappa shape index (κ1) is 16.3. The molecule has 134 valence electrons. The Hall–Kier alpha value is -3.85. The fraction of sp³-hybridized carbons (Fsp3) is 0. The van der Waals surface area contributed by atoms with Gasteiger partial charge in [0.25, 0.3) is 0 Å². The van der Waals surface area contributed by atoms with Gasteiger partial charge in [-0.1, -0.05) is 78.9 Å². The Balaban J connectivity index is 1.67. The van der Waals surface area contributed by atoms with Gasteiger partial charge >= 0.3 is 5.97 Å². The van der Waals surface area contributed by atoms with Crippen molar-refractivity contribution in [1.82, 2.24) is 0 Å². The van der Waals surface area contributed by atoms with Crippen LogP contribution in [0.3, 0.4) is 0 Å². The monoisotopic (exact) mass is 364 g/mol. The summed E-state index contributed by atoms with van der Waals surface area (Å²) in [5.74, 6) is 1.60. The summed E-state index contributed by atoms with van der Waals surface area (Å²) in [7, 11) is 0. The lowest BCUT2D eigenvalue weighted by atomic mass is 10.0. The van der Waals surface area contributed by atoms with Gasteiger partial charge in [0.1, 0.15) is 17.3 Å². The molecule has 0 bridgehead atoms. The molecule has 3 aromatic carbocycles. The topological polar surface area (TPSA) is 39.4 Å². The van der Waals surface area contributed by atoms with Crippen LogP contribution in [0.1, 0.15) is 21.7 Å². The number of rotatable bonds is 3. The quantitative estimate of drug-likeness (QED) is 0.402. The molecule has 28 heavy (non-hydrogen) atoms. The van der Waals surface area contributed by atoms with E-state index in [1.807, 2.05) is 84.9 Å². The predicted molar refractivity (Wildman–Crippen MR) is 109 cm³/mol. The molecule has 1 aliphatic heterocycles. The first-order valence-electron chi connectivity index (χ1n) is 9.07. The SMILES string of the molecule is O=C1O/C(=C\c2oc(-c3ccccc3)cc2-c2ccccc2)c2ccccc21. The first-order valence-corrected chi connectivity index (χ1v) is 9.07. The Labute approximate surface area is 162 Å². The molecule has 3 heteroatoms. The van der Waals surface area contributed by atoms with Crippen molar-refractivity contribution in [2.75, 3.05) is 0 Å². The van der Waals surface area contributed by atoms with Gasteiger partial charge in [0.05, 0.1) is 5.56 Å². The Bertz CT molecular complexity index is 1180. The summed E-state index contributed by atoms with van der Waals surface area (Å²) in [5.41, 5.74) is 4.34. The third-order valence-electron chi connectivity index (χ3n) is 4.78. The van der Waals surface area contributed by atoms with Crippen LogP contribution in [0.4, 0.5) is 0 Å². The summed E-state index contributed by atoms with van der Waals surface area (Å²) in [6.07, 6.45) is 1.80. The Kier molecular flexibility index (Phi) is 3.91. The number of hydrogen-bond acceptors (Lipinski definition) is 3.